The van der Waals surface area contributed by atoms with Crippen LogP contribution in [0.4, 0.5) is 5.69 Å². The van der Waals surface area contributed by atoms with Gasteiger partial charge in [-0.2, -0.15) is 0 Å². The molecule has 0 bridgehead atoms. The third kappa shape index (κ3) is 6.32. The summed E-state index contributed by atoms with van der Waals surface area (Å²) in [4.78, 5) is 24.9. The minimum absolute atomic E-state index is 0.0134. The molecule has 0 aliphatic heterocycles. The van der Waals surface area contributed by atoms with Gasteiger partial charge in [0.1, 0.15) is 0 Å². The molecule has 0 aromatic heterocycles. The van der Waals surface area contributed by atoms with Crippen LogP contribution in [0.15, 0.2) is 47.4 Å². The quantitative estimate of drug-likeness (QED) is 0.528. The van der Waals surface area contributed by atoms with Gasteiger partial charge in [-0.3, -0.25) is 14.3 Å². The van der Waals surface area contributed by atoms with Crippen LogP contribution in [0, 0.1) is 19.8 Å². The number of rotatable bonds is 8. The van der Waals surface area contributed by atoms with Gasteiger partial charge in [0.05, 0.1) is 4.90 Å². The van der Waals surface area contributed by atoms with Crippen molar-refractivity contribution in [1.29, 1.82) is 0 Å². The second-order valence-corrected chi connectivity index (χ2v) is 10.0. The molecule has 172 valence electrons. The van der Waals surface area contributed by atoms with E-state index in [4.69, 9.17) is 0 Å². The van der Waals surface area contributed by atoms with Gasteiger partial charge in [-0.05, 0) is 56.5 Å². The lowest BCUT2D eigenvalue weighted by molar-refractivity contribution is -0.125. The number of sulfonamides is 1. The molecule has 7 nitrogen and oxygen atoms in total. The summed E-state index contributed by atoms with van der Waals surface area (Å²) in [5.41, 5.74) is 2.44. The lowest BCUT2D eigenvalue weighted by Gasteiger charge is -2.20. The van der Waals surface area contributed by atoms with Gasteiger partial charge in [0, 0.05) is 30.3 Å². The number of amides is 2. The molecule has 0 radical (unpaired) electrons. The number of hydrogen-bond donors (Lipinski definition) is 3. The lowest BCUT2D eigenvalue weighted by atomic mass is 9.89. The van der Waals surface area contributed by atoms with Gasteiger partial charge in [0.15, 0.2) is 0 Å². The molecule has 2 aromatic rings. The number of anilines is 1. The van der Waals surface area contributed by atoms with E-state index >= 15 is 0 Å². The number of carbonyl (C=O) groups is 2. The van der Waals surface area contributed by atoms with Crippen LogP contribution in [0.3, 0.4) is 0 Å². The van der Waals surface area contributed by atoms with Crippen LogP contribution >= 0.6 is 0 Å². The molecule has 0 heterocycles. The minimum atomic E-state index is -3.83. The predicted octanol–water partition coefficient (Wildman–Crippen LogP) is 3.53. The predicted molar refractivity (Wildman–Crippen MR) is 125 cm³/mol. The van der Waals surface area contributed by atoms with Crippen molar-refractivity contribution in [3.05, 3.63) is 59.2 Å². The molecule has 8 heteroatoms. The van der Waals surface area contributed by atoms with Gasteiger partial charge in [-0.25, -0.2) is 8.42 Å². The maximum absolute atomic E-state index is 12.8. The summed E-state index contributed by atoms with van der Waals surface area (Å²) in [6, 6.07) is 11.5. The maximum atomic E-state index is 12.8. The highest BCUT2D eigenvalue weighted by molar-refractivity contribution is 7.92. The lowest BCUT2D eigenvalue weighted by Crippen LogP contribution is -2.38. The molecule has 0 unspecified atom stereocenters. The largest absolute Gasteiger partial charge is 0.354 e. The normalized spacial score (nSPS) is 14.6. The molecule has 0 atom stereocenters. The minimum Gasteiger partial charge on any atom is -0.354 e. The Morgan fingerprint density at radius 2 is 1.56 bits per heavy atom. The summed E-state index contributed by atoms with van der Waals surface area (Å²) in [5.74, 6) is -0.253. The van der Waals surface area contributed by atoms with E-state index in [9.17, 15) is 18.0 Å². The molecule has 1 saturated carbocycles. The molecule has 1 fully saturated rings. The van der Waals surface area contributed by atoms with Crippen molar-refractivity contribution >= 4 is 27.5 Å². The molecular weight excluding hydrogens is 426 g/mol. The van der Waals surface area contributed by atoms with Crippen LogP contribution in [-0.4, -0.2) is 33.3 Å². The van der Waals surface area contributed by atoms with Gasteiger partial charge >= 0.3 is 0 Å². The molecule has 1 aliphatic rings. The van der Waals surface area contributed by atoms with E-state index in [0.29, 0.717) is 17.8 Å². The van der Waals surface area contributed by atoms with E-state index in [2.05, 4.69) is 15.4 Å². The van der Waals surface area contributed by atoms with E-state index in [1.165, 1.54) is 18.6 Å². The highest BCUT2D eigenvalue weighted by atomic mass is 32.2. The van der Waals surface area contributed by atoms with Gasteiger partial charge in [0.25, 0.3) is 15.9 Å². The number of carbonyl (C=O) groups excluding carboxylic acids is 2. The molecule has 3 N–H and O–H groups in total. The summed E-state index contributed by atoms with van der Waals surface area (Å²) in [5, 5.41) is 5.64. The van der Waals surface area contributed by atoms with Crippen molar-refractivity contribution in [1.82, 2.24) is 10.6 Å². The van der Waals surface area contributed by atoms with Crippen molar-refractivity contribution in [2.45, 2.75) is 50.8 Å². The van der Waals surface area contributed by atoms with Crippen LogP contribution in [0.2, 0.25) is 0 Å². The highest BCUT2D eigenvalue weighted by Gasteiger charge is 2.21. The Morgan fingerprint density at radius 3 is 2.25 bits per heavy atom. The topological polar surface area (TPSA) is 104 Å². The van der Waals surface area contributed by atoms with Crippen LogP contribution in [0.25, 0.3) is 0 Å². The first-order valence-corrected chi connectivity index (χ1v) is 12.5. The zero-order valence-electron chi connectivity index (χ0n) is 18.6. The fourth-order valence-corrected chi connectivity index (χ4v) is 4.90. The zero-order chi connectivity index (χ0) is 23.1. The van der Waals surface area contributed by atoms with Gasteiger partial charge in [-0.1, -0.05) is 43.0 Å². The Labute approximate surface area is 190 Å². The van der Waals surface area contributed by atoms with Crippen molar-refractivity contribution in [3.63, 3.8) is 0 Å². The van der Waals surface area contributed by atoms with Gasteiger partial charge < -0.3 is 10.6 Å². The second-order valence-electron chi connectivity index (χ2n) is 8.33. The second kappa shape index (κ2) is 10.6. The Hall–Kier alpha value is -2.87. The molecule has 0 saturated heterocycles. The highest BCUT2D eigenvalue weighted by Crippen LogP contribution is 2.23. The van der Waals surface area contributed by atoms with Crippen LogP contribution in [0.5, 0.6) is 0 Å². The summed E-state index contributed by atoms with van der Waals surface area (Å²) in [7, 11) is -3.83. The Kier molecular flexibility index (Phi) is 7.90. The smallest absolute Gasteiger partial charge is 0.261 e. The van der Waals surface area contributed by atoms with Crippen LogP contribution < -0.4 is 15.4 Å². The summed E-state index contributed by atoms with van der Waals surface area (Å²) >= 11 is 0. The number of nitrogens with one attached hydrogen (secondary N) is 3. The first-order valence-electron chi connectivity index (χ1n) is 11.0. The fraction of sp³-hybridized carbons (Fsp3) is 0.417. The van der Waals surface area contributed by atoms with E-state index < -0.39 is 10.0 Å². The number of benzene rings is 2. The Balaban J connectivity index is 1.58. The van der Waals surface area contributed by atoms with Crippen molar-refractivity contribution in [3.8, 4) is 0 Å². The van der Waals surface area contributed by atoms with E-state index in [-0.39, 0.29) is 34.7 Å². The zero-order valence-corrected chi connectivity index (χ0v) is 19.4. The summed E-state index contributed by atoms with van der Waals surface area (Å²) in [6.45, 7) is 4.29. The number of hydrogen-bond acceptors (Lipinski definition) is 4. The third-order valence-corrected chi connectivity index (χ3v) is 7.13. The summed E-state index contributed by atoms with van der Waals surface area (Å²) in [6.07, 6.45) is 5.22. The first-order chi connectivity index (χ1) is 15.3. The monoisotopic (exact) mass is 457 g/mol. The van der Waals surface area contributed by atoms with Crippen LogP contribution in [0.1, 0.15) is 53.6 Å². The summed E-state index contributed by atoms with van der Waals surface area (Å²) < 4.78 is 28.1. The molecule has 2 amide bonds. The molecule has 2 aromatic carbocycles. The SMILES string of the molecule is Cc1ccc(NS(=O)(=O)c2ccc(C)c(C(=O)NCCNC(=O)C3CCCCC3)c2)cc1. The van der Waals surface area contributed by atoms with E-state index in [0.717, 1.165) is 31.2 Å². The Morgan fingerprint density at radius 1 is 0.906 bits per heavy atom. The van der Waals surface area contributed by atoms with E-state index in [1.54, 1.807) is 25.1 Å². The van der Waals surface area contributed by atoms with Gasteiger partial charge in [-0.15, -0.1) is 0 Å². The third-order valence-electron chi connectivity index (χ3n) is 5.75. The van der Waals surface area contributed by atoms with Gasteiger partial charge in [0.2, 0.25) is 5.91 Å². The molecule has 32 heavy (non-hydrogen) atoms. The maximum Gasteiger partial charge on any atom is 0.261 e. The average Bonchev–Trinajstić information content (AvgIpc) is 2.78. The molecule has 1 aliphatic carbocycles. The van der Waals surface area contributed by atoms with Crippen molar-refractivity contribution in [2.24, 2.45) is 5.92 Å². The molecule has 0 spiro atoms. The standard InChI is InChI=1S/C24H31N3O4S/c1-17-8-11-20(12-9-17)27-32(30,31)21-13-10-18(2)22(16-21)24(29)26-15-14-25-23(28)19-6-4-3-5-7-19/h8-13,16,19,27H,3-7,14-15H2,1-2H3,(H,25,28)(H,26,29). The molecule has 3 rings (SSSR count). The van der Waals surface area contributed by atoms with Crippen LogP contribution in [-0.2, 0) is 14.8 Å². The molecular formula is C24H31N3O4S. The van der Waals surface area contributed by atoms with E-state index in [1.807, 2.05) is 19.1 Å². The van der Waals surface area contributed by atoms with Crippen molar-refractivity contribution < 1.29 is 18.0 Å². The van der Waals surface area contributed by atoms with Crippen molar-refractivity contribution in [2.75, 3.05) is 17.8 Å². The number of aryl methyl sites for hydroxylation is 2. The first kappa shape index (κ1) is 23.8. The fourth-order valence-electron chi connectivity index (χ4n) is 3.81. The Bertz CT molecular complexity index is 1060. The average molecular weight is 458 g/mol.